The predicted octanol–water partition coefficient (Wildman–Crippen LogP) is 4.29. The Hall–Kier alpha value is -3.02. The van der Waals surface area contributed by atoms with Crippen LogP contribution in [0.25, 0.3) is 11.3 Å². The molecule has 3 aromatic rings. The second-order valence-electron chi connectivity index (χ2n) is 6.85. The van der Waals surface area contributed by atoms with Gasteiger partial charge >= 0.3 is 0 Å². The van der Waals surface area contributed by atoms with E-state index in [2.05, 4.69) is 20.6 Å². The van der Waals surface area contributed by atoms with Crippen molar-refractivity contribution in [1.82, 2.24) is 19.9 Å². The van der Waals surface area contributed by atoms with Gasteiger partial charge in [0.15, 0.2) is 0 Å². The summed E-state index contributed by atoms with van der Waals surface area (Å²) < 4.78 is 0. The number of hydrogen-bond donors (Lipinski definition) is 2. The Labute approximate surface area is 159 Å². The van der Waals surface area contributed by atoms with E-state index in [0.29, 0.717) is 18.5 Å². The van der Waals surface area contributed by atoms with E-state index in [1.54, 1.807) is 18.6 Å². The van der Waals surface area contributed by atoms with E-state index < -0.39 is 0 Å². The quantitative estimate of drug-likeness (QED) is 0.683. The standard InChI is InChI=1S/C21H24N6/c1-2-6-17(7-3-1)25-21-26-19(16-9-12-22-13-10-16)14-20(27-21)24-15-18-8-4-5-11-23-18/h4-5,8-14,17H,1-3,6-7,15H2,(H2,24,25,26,27). The van der Waals surface area contributed by atoms with Crippen LogP contribution in [0.2, 0.25) is 0 Å². The molecule has 0 unspecified atom stereocenters. The molecule has 0 spiro atoms. The fourth-order valence-corrected chi connectivity index (χ4v) is 3.39. The lowest BCUT2D eigenvalue weighted by atomic mass is 9.96. The molecule has 1 fully saturated rings. The number of nitrogens with one attached hydrogen (secondary N) is 2. The van der Waals surface area contributed by atoms with Crippen LogP contribution >= 0.6 is 0 Å². The lowest BCUT2D eigenvalue weighted by Crippen LogP contribution is -2.23. The zero-order valence-corrected chi connectivity index (χ0v) is 15.3. The van der Waals surface area contributed by atoms with Gasteiger partial charge in [-0.25, -0.2) is 4.98 Å². The minimum atomic E-state index is 0.454. The van der Waals surface area contributed by atoms with Gasteiger partial charge in [0.2, 0.25) is 5.95 Å². The van der Waals surface area contributed by atoms with Crippen molar-refractivity contribution in [2.45, 2.75) is 44.7 Å². The van der Waals surface area contributed by atoms with Gasteiger partial charge in [0, 0.05) is 36.3 Å². The summed E-state index contributed by atoms with van der Waals surface area (Å²) in [7, 11) is 0. The maximum Gasteiger partial charge on any atom is 0.225 e. The van der Waals surface area contributed by atoms with Crippen LogP contribution in [0, 0.1) is 0 Å². The summed E-state index contributed by atoms with van der Waals surface area (Å²) in [6.45, 7) is 0.622. The van der Waals surface area contributed by atoms with Crippen LogP contribution in [-0.2, 0) is 6.54 Å². The van der Waals surface area contributed by atoms with Gasteiger partial charge in [0.05, 0.1) is 17.9 Å². The molecule has 6 heteroatoms. The van der Waals surface area contributed by atoms with Gasteiger partial charge in [-0.2, -0.15) is 4.98 Å². The summed E-state index contributed by atoms with van der Waals surface area (Å²) in [5.74, 6) is 1.47. The lowest BCUT2D eigenvalue weighted by Gasteiger charge is -2.23. The van der Waals surface area contributed by atoms with Crippen molar-refractivity contribution in [2.75, 3.05) is 10.6 Å². The molecule has 3 aromatic heterocycles. The molecule has 0 aliphatic heterocycles. The summed E-state index contributed by atoms with van der Waals surface area (Å²) in [6.07, 6.45) is 11.6. The first-order chi connectivity index (χ1) is 13.4. The van der Waals surface area contributed by atoms with E-state index in [1.807, 2.05) is 36.4 Å². The molecule has 0 radical (unpaired) electrons. The van der Waals surface area contributed by atoms with Crippen LogP contribution in [0.5, 0.6) is 0 Å². The molecule has 1 aliphatic rings. The highest BCUT2D eigenvalue weighted by Gasteiger charge is 2.15. The van der Waals surface area contributed by atoms with Gasteiger partial charge in [0.25, 0.3) is 0 Å². The first-order valence-electron chi connectivity index (χ1n) is 9.56. The average Bonchev–Trinajstić information content (AvgIpc) is 2.74. The molecular weight excluding hydrogens is 336 g/mol. The SMILES string of the molecule is c1ccc(CNc2cc(-c3ccncc3)nc(NC3CCCCC3)n2)nc1. The van der Waals surface area contributed by atoms with Crippen LogP contribution in [0.15, 0.2) is 55.0 Å². The molecule has 3 heterocycles. The number of anilines is 2. The van der Waals surface area contributed by atoms with Crippen molar-refractivity contribution in [3.05, 3.63) is 60.7 Å². The number of hydrogen-bond acceptors (Lipinski definition) is 6. The molecule has 0 bridgehead atoms. The van der Waals surface area contributed by atoms with Gasteiger partial charge in [-0.1, -0.05) is 25.3 Å². The molecule has 1 aliphatic carbocycles. The lowest BCUT2D eigenvalue weighted by molar-refractivity contribution is 0.461. The number of rotatable bonds is 6. The molecule has 4 rings (SSSR count). The molecule has 1 saturated carbocycles. The Morgan fingerprint density at radius 2 is 1.78 bits per heavy atom. The monoisotopic (exact) mass is 360 g/mol. The van der Waals surface area contributed by atoms with Gasteiger partial charge in [-0.3, -0.25) is 9.97 Å². The fourth-order valence-electron chi connectivity index (χ4n) is 3.39. The van der Waals surface area contributed by atoms with Crippen molar-refractivity contribution in [2.24, 2.45) is 0 Å². The molecule has 138 valence electrons. The van der Waals surface area contributed by atoms with E-state index in [-0.39, 0.29) is 0 Å². The first kappa shape index (κ1) is 17.4. The Kier molecular flexibility index (Phi) is 5.53. The van der Waals surface area contributed by atoms with Gasteiger partial charge < -0.3 is 10.6 Å². The van der Waals surface area contributed by atoms with Gasteiger partial charge in [-0.05, 0) is 37.1 Å². The van der Waals surface area contributed by atoms with Crippen molar-refractivity contribution in [3.8, 4) is 11.3 Å². The maximum atomic E-state index is 4.75. The highest BCUT2D eigenvalue weighted by atomic mass is 15.2. The number of aromatic nitrogens is 4. The van der Waals surface area contributed by atoms with E-state index in [9.17, 15) is 0 Å². The Morgan fingerprint density at radius 1 is 0.926 bits per heavy atom. The molecule has 6 nitrogen and oxygen atoms in total. The highest BCUT2D eigenvalue weighted by molar-refractivity contribution is 5.64. The van der Waals surface area contributed by atoms with Gasteiger partial charge in [-0.15, -0.1) is 0 Å². The molecule has 0 amide bonds. The summed E-state index contributed by atoms with van der Waals surface area (Å²) >= 11 is 0. The van der Waals surface area contributed by atoms with E-state index in [1.165, 1.54) is 32.1 Å². The van der Waals surface area contributed by atoms with Crippen molar-refractivity contribution >= 4 is 11.8 Å². The highest BCUT2D eigenvalue weighted by Crippen LogP contribution is 2.24. The smallest absolute Gasteiger partial charge is 0.225 e. The summed E-state index contributed by atoms with van der Waals surface area (Å²) in [4.78, 5) is 17.9. The predicted molar refractivity (Wildman–Crippen MR) is 107 cm³/mol. The molecular formula is C21H24N6. The fraction of sp³-hybridized carbons (Fsp3) is 0.333. The van der Waals surface area contributed by atoms with Crippen LogP contribution < -0.4 is 10.6 Å². The van der Waals surface area contributed by atoms with Crippen LogP contribution in [-0.4, -0.2) is 26.0 Å². The van der Waals surface area contributed by atoms with E-state index >= 15 is 0 Å². The van der Waals surface area contributed by atoms with Crippen molar-refractivity contribution in [1.29, 1.82) is 0 Å². The van der Waals surface area contributed by atoms with Crippen LogP contribution in [0.1, 0.15) is 37.8 Å². The summed E-state index contributed by atoms with van der Waals surface area (Å²) in [6, 6.07) is 12.3. The molecule has 27 heavy (non-hydrogen) atoms. The Morgan fingerprint density at radius 3 is 2.56 bits per heavy atom. The maximum absolute atomic E-state index is 4.75. The van der Waals surface area contributed by atoms with E-state index in [4.69, 9.17) is 9.97 Å². The molecule has 0 saturated heterocycles. The van der Waals surface area contributed by atoms with Crippen molar-refractivity contribution < 1.29 is 0 Å². The molecule has 0 aromatic carbocycles. The zero-order chi connectivity index (χ0) is 18.3. The van der Waals surface area contributed by atoms with Gasteiger partial charge in [0.1, 0.15) is 5.82 Å². The number of nitrogens with zero attached hydrogens (tertiary/aromatic N) is 4. The zero-order valence-electron chi connectivity index (χ0n) is 15.3. The second kappa shape index (κ2) is 8.58. The topological polar surface area (TPSA) is 75.6 Å². The minimum Gasteiger partial charge on any atom is -0.364 e. The molecule has 2 N–H and O–H groups in total. The average molecular weight is 360 g/mol. The largest absolute Gasteiger partial charge is 0.364 e. The van der Waals surface area contributed by atoms with Crippen LogP contribution in [0.3, 0.4) is 0 Å². The molecule has 0 atom stereocenters. The Bertz CT molecular complexity index is 847. The third-order valence-corrected chi connectivity index (χ3v) is 4.82. The third kappa shape index (κ3) is 4.78. The normalized spacial score (nSPS) is 14.7. The number of pyridine rings is 2. The summed E-state index contributed by atoms with van der Waals surface area (Å²) in [5.41, 5.74) is 2.89. The third-order valence-electron chi connectivity index (χ3n) is 4.82. The minimum absolute atomic E-state index is 0.454. The van der Waals surface area contributed by atoms with E-state index in [0.717, 1.165) is 22.8 Å². The van der Waals surface area contributed by atoms with Crippen molar-refractivity contribution in [3.63, 3.8) is 0 Å². The second-order valence-corrected chi connectivity index (χ2v) is 6.85. The van der Waals surface area contributed by atoms with Crippen LogP contribution in [0.4, 0.5) is 11.8 Å². The Balaban J connectivity index is 1.57. The summed E-state index contributed by atoms with van der Waals surface area (Å²) in [5, 5.41) is 6.92. The first-order valence-corrected chi connectivity index (χ1v) is 9.56.